The minimum absolute atomic E-state index is 0.0547. The topological polar surface area (TPSA) is 58.4 Å². The van der Waals surface area contributed by atoms with Gasteiger partial charge in [0.2, 0.25) is 5.91 Å². The maximum atomic E-state index is 11.9. The molecule has 0 saturated heterocycles. The number of nitrogens with zero attached hydrogens (tertiary/aromatic N) is 1. The van der Waals surface area contributed by atoms with Crippen LogP contribution in [-0.4, -0.2) is 41.9 Å². The van der Waals surface area contributed by atoms with E-state index in [1.54, 1.807) is 6.07 Å². The molecule has 0 radical (unpaired) electrons. The number of hydrogen-bond acceptors (Lipinski definition) is 4. The fraction of sp³-hybridized carbons (Fsp3) is 0.562. The second-order valence-corrected chi connectivity index (χ2v) is 6.24. The van der Waals surface area contributed by atoms with Crippen molar-refractivity contribution in [1.82, 2.24) is 4.90 Å². The molecule has 0 fully saturated rings. The van der Waals surface area contributed by atoms with Gasteiger partial charge in [0, 0.05) is 35.8 Å². The number of amides is 1. The van der Waals surface area contributed by atoms with Crippen LogP contribution in [0.25, 0.3) is 0 Å². The molecule has 5 heteroatoms. The molecular weight excluding hydrogens is 282 g/mol. The lowest BCUT2D eigenvalue weighted by molar-refractivity contribution is -0.115. The molecule has 0 saturated carbocycles. The highest BCUT2D eigenvalue weighted by Crippen LogP contribution is 2.18. The Kier molecular flexibility index (Phi) is 8.23. The first-order valence-corrected chi connectivity index (χ1v) is 8.68. The average Bonchev–Trinajstić information content (AvgIpc) is 2.47. The van der Waals surface area contributed by atoms with Gasteiger partial charge in [0.25, 0.3) is 0 Å². The van der Waals surface area contributed by atoms with Crippen LogP contribution in [0.5, 0.6) is 0 Å². The number of nitrogens with one attached hydrogen (secondary N) is 1. The van der Waals surface area contributed by atoms with Crippen molar-refractivity contribution < 1.29 is 4.79 Å². The fourth-order valence-electron chi connectivity index (χ4n) is 1.99. The third-order valence-electron chi connectivity index (χ3n) is 3.46. The molecule has 0 aliphatic rings. The molecule has 21 heavy (non-hydrogen) atoms. The molecule has 1 amide bonds. The van der Waals surface area contributed by atoms with E-state index in [-0.39, 0.29) is 5.91 Å². The Labute approximate surface area is 132 Å². The van der Waals surface area contributed by atoms with Gasteiger partial charge in [0.1, 0.15) is 0 Å². The number of thioether (sulfide) groups is 1. The van der Waals surface area contributed by atoms with Crippen molar-refractivity contribution in [3.8, 4) is 0 Å². The number of carbonyl (C=O) groups is 1. The Hall–Kier alpha value is -1.20. The minimum Gasteiger partial charge on any atom is -0.399 e. The molecule has 118 valence electrons. The highest BCUT2D eigenvalue weighted by molar-refractivity contribution is 7.99. The van der Waals surface area contributed by atoms with Gasteiger partial charge in [-0.1, -0.05) is 19.9 Å². The number of hydrogen-bond donors (Lipinski definition) is 2. The maximum absolute atomic E-state index is 11.9. The normalized spacial score (nSPS) is 10.9. The van der Waals surface area contributed by atoms with Crippen molar-refractivity contribution in [3.05, 3.63) is 23.8 Å². The Bertz CT molecular complexity index is 447. The van der Waals surface area contributed by atoms with Crippen LogP contribution in [-0.2, 0) is 4.79 Å². The van der Waals surface area contributed by atoms with Gasteiger partial charge < -0.3 is 16.0 Å². The molecule has 0 unspecified atom stereocenters. The van der Waals surface area contributed by atoms with Gasteiger partial charge in [-0.05, 0) is 37.7 Å². The van der Waals surface area contributed by atoms with E-state index < -0.39 is 0 Å². The fourth-order valence-corrected chi connectivity index (χ4v) is 2.91. The third kappa shape index (κ3) is 6.87. The van der Waals surface area contributed by atoms with E-state index in [9.17, 15) is 4.79 Å². The molecule has 1 aromatic carbocycles. The molecule has 0 heterocycles. The Morgan fingerprint density at radius 2 is 2.00 bits per heavy atom. The largest absolute Gasteiger partial charge is 0.399 e. The zero-order valence-corrected chi connectivity index (χ0v) is 14.1. The summed E-state index contributed by atoms with van der Waals surface area (Å²) in [7, 11) is 0. The highest BCUT2D eigenvalue weighted by atomic mass is 32.2. The van der Waals surface area contributed by atoms with Gasteiger partial charge in [-0.15, -0.1) is 0 Å². The second kappa shape index (κ2) is 9.68. The lowest BCUT2D eigenvalue weighted by Gasteiger charge is -2.17. The lowest BCUT2D eigenvalue weighted by atomic mass is 10.2. The van der Waals surface area contributed by atoms with Crippen LogP contribution < -0.4 is 11.1 Å². The standard InChI is InChI=1S/C16H27N3OS/c1-4-19(5-2)9-11-21-10-8-16(20)18-15-12-14(17)7-6-13(15)3/h6-7,12H,4-5,8-11,17H2,1-3H3,(H,18,20). The number of rotatable bonds is 9. The van der Waals surface area contributed by atoms with Crippen LogP contribution in [0.4, 0.5) is 11.4 Å². The van der Waals surface area contributed by atoms with E-state index in [1.165, 1.54) is 0 Å². The van der Waals surface area contributed by atoms with E-state index >= 15 is 0 Å². The smallest absolute Gasteiger partial charge is 0.225 e. The molecule has 0 aromatic heterocycles. The molecule has 1 rings (SSSR count). The summed E-state index contributed by atoms with van der Waals surface area (Å²) >= 11 is 1.83. The van der Waals surface area contributed by atoms with Gasteiger partial charge in [-0.3, -0.25) is 4.79 Å². The second-order valence-electron chi connectivity index (χ2n) is 5.01. The van der Waals surface area contributed by atoms with Crippen molar-refractivity contribution in [2.75, 3.05) is 42.2 Å². The van der Waals surface area contributed by atoms with Crippen molar-refractivity contribution in [2.24, 2.45) is 0 Å². The van der Waals surface area contributed by atoms with Crippen LogP contribution in [0.2, 0.25) is 0 Å². The quantitative estimate of drug-likeness (QED) is 0.544. The van der Waals surface area contributed by atoms with Gasteiger partial charge in [-0.25, -0.2) is 0 Å². The summed E-state index contributed by atoms with van der Waals surface area (Å²) in [5, 5.41) is 2.93. The van der Waals surface area contributed by atoms with E-state index in [0.717, 1.165) is 42.4 Å². The van der Waals surface area contributed by atoms with Crippen LogP contribution in [0.3, 0.4) is 0 Å². The van der Waals surface area contributed by atoms with E-state index in [2.05, 4.69) is 24.1 Å². The first-order valence-electron chi connectivity index (χ1n) is 7.52. The molecule has 4 nitrogen and oxygen atoms in total. The average molecular weight is 309 g/mol. The summed E-state index contributed by atoms with van der Waals surface area (Å²) < 4.78 is 0. The predicted molar refractivity (Wildman–Crippen MR) is 94.0 cm³/mol. The van der Waals surface area contributed by atoms with Crippen LogP contribution in [0.15, 0.2) is 18.2 Å². The molecule has 3 N–H and O–H groups in total. The minimum atomic E-state index is 0.0547. The first-order chi connectivity index (χ1) is 10.1. The highest BCUT2D eigenvalue weighted by Gasteiger charge is 2.05. The van der Waals surface area contributed by atoms with Gasteiger partial charge in [0.05, 0.1) is 0 Å². The number of benzene rings is 1. The molecule has 0 aliphatic carbocycles. The Morgan fingerprint density at radius 1 is 1.29 bits per heavy atom. The molecular formula is C16H27N3OS. The number of anilines is 2. The summed E-state index contributed by atoms with van der Waals surface area (Å²) in [6.07, 6.45) is 0.539. The SMILES string of the molecule is CCN(CC)CCSCCC(=O)Nc1cc(N)ccc1C. The number of carbonyl (C=O) groups excluding carboxylic acids is 1. The number of nitrogens with two attached hydrogens (primary N) is 1. The van der Waals surface area contributed by atoms with Crippen molar-refractivity contribution in [2.45, 2.75) is 27.2 Å². The van der Waals surface area contributed by atoms with E-state index in [4.69, 9.17) is 5.73 Å². The predicted octanol–water partition coefficient (Wildman–Crippen LogP) is 2.98. The zero-order chi connectivity index (χ0) is 15.7. The van der Waals surface area contributed by atoms with Gasteiger partial charge in [0.15, 0.2) is 0 Å². The molecule has 1 aromatic rings. The Balaban J connectivity index is 2.24. The van der Waals surface area contributed by atoms with Gasteiger partial charge >= 0.3 is 0 Å². The third-order valence-corrected chi connectivity index (χ3v) is 4.42. The summed E-state index contributed by atoms with van der Waals surface area (Å²) in [4.78, 5) is 14.3. The van der Waals surface area contributed by atoms with Crippen molar-refractivity contribution in [3.63, 3.8) is 0 Å². The zero-order valence-electron chi connectivity index (χ0n) is 13.3. The summed E-state index contributed by atoms with van der Waals surface area (Å²) in [5.41, 5.74) is 8.26. The molecule has 0 atom stereocenters. The van der Waals surface area contributed by atoms with Gasteiger partial charge in [-0.2, -0.15) is 11.8 Å². The first kappa shape index (κ1) is 17.9. The van der Waals surface area contributed by atoms with Crippen molar-refractivity contribution >= 4 is 29.0 Å². The van der Waals surface area contributed by atoms with Crippen LogP contribution >= 0.6 is 11.8 Å². The molecule has 0 bridgehead atoms. The number of aryl methyl sites for hydroxylation is 1. The molecule has 0 spiro atoms. The summed E-state index contributed by atoms with van der Waals surface area (Å²) in [6, 6.07) is 5.57. The number of nitrogen functional groups attached to an aromatic ring is 1. The maximum Gasteiger partial charge on any atom is 0.225 e. The van der Waals surface area contributed by atoms with Crippen LogP contribution in [0, 0.1) is 6.92 Å². The summed E-state index contributed by atoms with van der Waals surface area (Å²) in [6.45, 7) is 9.59. The Morgan fingerprint density at radius 3 is 2.67 bits per heavy atom. The lowest BCUT2D eigenvalue weighted by Crippen LogP contribution is -2.25. The monoisotopic (exact) mass is 309 g/mol. The van der Waals surface area contributed by atoms with Crippen LogP contribution in [0.1, 0.15) is 25.8 Å². The van der Waals surface area contributed by atoms with E-state index in [1.807, 2.05) is 30.8 Å². The van der Waals surface area contributed by atoms with E-state index in [0.29, 0.717) is 12.1 Å². The van der Waals surface area contributed by atoms with Crippen molar-refractivity contribution in [1.29, 1.82) is 0 Å². The molecule has 0 aliphatic heterocycles. The summed E-state index contributed by atoms with van der Waals surface area (Å²) in [5.74, 6) is 1.99.